The Morgan fingerprint density at radius 3 is 2.05 bits per heavy atom. The molecule has 1 atom stereocenters. The van der Waals surface area contributed by atoms with Crippen LogP contribution in [0, 0.1) is 12.7 Å². The molecule has 116 valence electrons. The number of hydrogen-bond acceptors (Lipinski definition) is 1. The first-order valence-electron chi connectivity index (χ1n) is 7.77. The van der Waals surface area contributed by atoms with Crippen LogP contribution in [0.2, 0.25) is 0 Å². The molecule has 0 aliphatic rings. The minimum Gasteiger partial charge on any atom is -0.258 e. The Labute approximate surface area is 129 Å². The third-order valence-corrected chi connectivity index (χ3v) is 2.77. The van der Waals surface area contributed by atoms with Crippen LogP contribution >= 0.6 is 0 Å². The van der Waals surface area contributed by atoms with Crippen molar-refractivity contribution >= 4 is 0 Å². The van der Waals surface area contributed by atoms with Crippen LogP contribution in [-0.4, -0.2) is 4.98 Å². The molecular formula is C19H28FN. The van der Waals surface area contributed by atoms with E-state index >= 15 is 0 Å². The van der Waals surface area contributed by atoms with Crippen molar-refractivity contribution in [2.75, 3.05) is 0 Å². The fourth-order valence-corrected chi connectivity index (χ4v) is 1.73. The summed E-state index contributed by atoms with van der Waals surface area (Å²) in [5.74, 6) is -0.252. The van der Waals surface area contributed by atoms with E-state index in [2.05, 4.69) is 18.8 Å². The molecule has 0 aliphatic carbocycles. The average Bonchev–Trinajstić information content (AvgIpc) is 2.51. The lowest BCUT2D eigenvalue weighted by atomic mass is 9.96. The van der Waals surface area contributed by atoms with Gasteiger partial charge in [0.25, 0.3) is 0 Å². The molecule has 1 heterocycles. The molecule has 0 N–H and O–H groups in total. The average molecular weight is 289 g/mol. The number of hydrogen-bond donors (Lipinski definition) is 0. The zero-order valence-electron chi connectivity index (χ0n) is 14.2. The third-order valence-electron chi connectivity index (χ3n) is 2.77. The van der Waals surface area contributed by atoms with Crippen molar-refractivity contribution in [3.63, 3.8) is 0 Å². The van der Waals surface area contributed by atoms with Crippen LogP contribution in [0.5, 0.6) is 0 Å². The zero-order valence-corrected chi connectivity index (χ0v) is 14.2. The van der Waals surface area contributed by atoms with Gasteiger partial charge in [-0.1, -0.05) is 70.9 Å². The summed E-state index contributed by atoms with van der Waals surface area (Å²) in [7, 11) is 0. The second-order valence-electron chi connectivity index (χ2n) is 4.71. The first kappa shape index (κ1) is 19.3. The topological polar surface area (TPSA) is 12.9 Å². The number of nitrogens with zero attached hydrogens (tertiary/aromatic N) is 1. The van der Waals surface area contributed by atoms with Gasteiger partial charge in [0.2, 0.25) is 0 Å². The first-order valence-corrected chi connectivity index (χ1v) is 7.77. The molecule has 21 heavy (non-hydrogen) atoms. The van der Waals surface area contributed by atoms with Gasteiger partial charge in [-0.25, -0.2) is 4.39 Å². The summed E-state index contributed by atoms with van der Waals surface area (Å²) in [4.78, 5) is 4.10. The quantitative estimate of drug-likeness (QED) is 0.648. The summed E-state index contributed by atoms with van der Waals surface area (Å²) >= 11 is 0. The molecule has 1 aromatic heterocycles. The number of benzene rings is 1. The minimum absolute atomic E-state index is 0.0122. The van der Waals surface area contributed by atoms with Crippen LogP contribution in [0.3, 0.4) is 0 Å². The molecule has 2 aromatic rings. The van der Waals surface area contributed by atoms with E-state index in [-0.39, 0.29) is 11.7 Å². The monoisotopic (exact) mass is 289 g/mol. The molecule has 2 rings (SSSR count). The molecule has 0 bridgehead atoms. The predicted octanol–water partition coefficient (Wildman–Crippen LogP) is 6.12. The van der Waals surface area contributed by atoms with Crippen LogP contribution < -0.4 is 0 Å². The molecule has 1 aromatic carbocycles. The highest BCUT2D eigenvalue weighted by Gasteiger charge is 2.13. The SMILES string of the molecule is CC.CCC.Cc1ccc(C(C)c2ncccc2F)cc1. The molecule has 0 fully saturated rings. The summed E-state index contributed by atoms with van der Waals surface area (Å²) in [5, 5.41) is 0. The van der Waals surface area contributed by atoms with E-state index < -0.39 is 0 Å². The maximum absolute atomic E-state index is 13.5. The molecule has 0 radical (unpaired) electrons. The summed E-state index contributed by atoms with van der Waals surface area (Å²) in [6, 6.07) is 11.2. The molecule has 0 amide bonds. The van der Waals surface area contributed by atoms with Crippen molar-refractivity contribution < 1.29 is 4.39 Å². The lowest BCUT2D eigenvalue weighted by Gasteiger charge is -2.12. The highest BCUT2D eigenvalue weighted by atomic mass is 19.1. The van der Waals surface area contributed by atoms with Gasteiger partial charge in [0.15, 0.2) is 0 Å². The Bertz CT molecular complexity index is 491. The minimum atomic E-state index is -0.240. The molecule has 0 saturated heterocycles. The molecular weight excluding hydrogens is 261 g/mol. The van der Waals surface area contributed by atoms with Crippen molar-refractivity contribution in [1.82, 2.24) is 4.98 Å². The van der Waals surface area contributed by atoms with E-state index in [1.54, 1.807) is 12.3 Å². The lowest BCUT2D eigenvalue weighted by Crippen LogP contribution is -2.02. The van der Waals surface area contributed by atoms with E-state index in [4.69, 9.17) is 0 Å². The standard InChI is InChI=1S/C14H14FN.C3H8.C2H6/c1-10-5-7-12(8-6-10)11(2)14-13(15)4-3-9-16-14;1-3-2;1-2/h3-9,11H,1-2H3;3H2,1-2H3;1-2H3. The van der Waals surface area contributed by atoms with E-state index in [1.165, 1.54) is 18.1 Å². The maximum atomic E-state index is 13.5. The van der Waals surface area contributed by atoms with Gasteiger partial charge in [-0.15, -0.1) is 0 Å². The number of aromatic nitrogens is 1. The van der Waals surface area contributed by atoms with Gasteiger partial charge >= 0.3 is 0 Å². The molecule has 1 unspecified atom stereocenters. The zero-order chi connectivity index (χ0) is 16.3. The maximum Gasteiger partial charge on any atom is 0.145 e. The molecule has 1 nitrogen and oxygen atoms in total. The second kappa shape index (κ2) is 11.0. The fraction of sp³-hybridized carbons (Fsp3) is 0.421. The molecule has 2 heteroatoms. The van der Waals surface area contributed by atoms with Crippen molar-refractivity contribution in [2.24, 2.45) is 0 Å². The van der Waals surface area contributed by atoms with Crippen LogP contribution in [-0.2, 0) is 0 Å². The highest BCUT2D eigenvalue weighted by Crippen LogP contribution is 2.24. The highest BCUT2D eigenvalue weighted by molar-refractivity contribution is 5.30. The largest absolute Gasteiger partial charge is 0.258 e. The van der Waals surface area contributed by atoms with E-state index in [1.807, 2.05) is 52.0 Å². The van der Waals surface area contributed by atoms with Gasteiger partial charge < -0.3 is 0 Å². The van der Waals surface area contributed by atoms with Crippen LogP contribution in [0.4, 0.5) is 4.39 Å². The van der Waals surface area contributed by atoms with E-state index in [9.17, 15) is 4.39 Å². The number of aryl methyl sites for hydroxylation is 1. The Morgan fingerprint density at radius 1 is 1.05 bits per heavy atom. The van der Waals surface area contributed by atoms with Gasteiger partial charge in [-0.05, 0) is 24.6 Å². The van der Waals surface area contributed by atoms with Crippen LogP contribution in [0.25, 0.3) is 0 Å². The Morgan fingerprint density at radius 2 is 1.57 bits per heavy atom. The van der Waals surface area contributed by atoms with Crippen LogP contribution in [0.1, 0.15) is 63.8 Å². The summed E-state index contributed by atoms with van der Waals surface area (Å²) < 4.78 is 13.5. The van der Waals surface area contributed by atoms with Crippen molar-refractivity contribution in [2.45, 2.75) is 53.9 Å². The summed E-state index contributed by atoms with van der Waals surface area (Å²) in [6.07, 6.45) is 2.88. The fourth-order valence-electron chi connectivity index (χ4n) is 1.73. The first-order chi connectivity index (χ1) is 10.1. The number of halogens is 1. The molecule has 0 aliphatic heterocycles. The van der Waals surface area contributed by atoms with Gasteiger partial charge in [-0.2, -0.15) is 0 Å². The summed E-state index contributed by atoms with van der Waals surface area (Å²) in [6.45, 7) is 12.3. The summed E-state index contributed by atoms with van der Waals surface area (Å²) in [5.41, 5.74) is 2.80. The van der Waals surface area contributed by atoms with Gasteiger partial charge in [-0.3, -0.25) is 4.98 Å². The van der Waals surface area contributed by atoms with Crippen molar-refractivity contribution in [3.05, 3.63) is 65.2 Å². The van der Waals surface area contributed by atoms with Gasteiger partial charge in [0.1, 0.15) is 5.82 Å². The Balaban J connectivity index is 0.000000713. The third kappa shape index (κ3) is 6.52. The molecule has 0 saturated carbocycles. The number of rotatable bonds is 2. The number of pyridine rings is 1. The predicted molar refractivity (Wildman–Crippen MR) is 90.2 cm³/mol. The van der Waals surface area contributed by atoms with Gasteiger partial charge in [0, 0.05) is 12.1 Å². The lowest BCUT2D eigenvalue weighted by molar-refractivity contribution is 0.590. The van der Waals surface area contributed by atoms with E-state index in [0.717, 1.165) is 5.56 Å². The van der Waals surface area contributed by atoms with Crippen molar-refractivity contribution in [1.29, 1.82) is 0 Å². The van der Waals surface area contributed by atoms with E-state index in [0.29, 0.717) is 5.69 Å². The van der Waals surface area contributed by atoms with Gasteiger partial charge in [0.05, 0.1) is 5.69 Å². The smallest absolute Gasteiger partial charge is 0.145 e. The molecule has 0 spiro atoms. The second-order valence-corrected chi connectivity index (χ2v) is 4.71. The Kier molecular flexibility index (Phi) is 10.1. The Hall–Kier alpha value is -1.70. The normalized spacial score (nSPS) is 10.6. The van der Waals surface area contributed by atoms with Crippen molar-refractivity contribution in [3.8, 4) is 0 Å². The van der Waals surface area contributed by atoms with Crippen LogP contribution in [0.15, 0.2) is 42.6 Å².